The van der Waals surface area contributed by atoms with E-state index in [1.54, 1.807) is 0 Å². The predicted molar refractivity (Wildman–Crippen MR) is 74.2 cm³/mol. The van der Waals surface area contributed by atoms with Crippen molar-refractivity contribution in [3.05, 3.63) is 17.2 Å². The number of hydrogen-bond donors (Lipinski definition) is 0. The molecule has 0 aliphatic heterocycles. The largest absolute Gasteiger partial charge is 0.467 e. The second kappa shape index (κ2) is 6.22. The minimum Gasteiger partial charge on any atom is -0.467 e. The molecule has 2 rings (SSSR count). The van der Waals surface area contributed by atoms with Crippen molar-refractivity contribution in [2.45, 2.75) is 64.8 Å². The molecular formula is C15H24N2O2. The molecular weight excluding hydrogens is 240 g/mol. The molecule has 1 heterocycles. The van der Waals surface area contributed by atoms with Crippen LogP contribution in [0.25, 0.3) is 0 Å². The summed E-state index contributed by atoms with van der Waals surface area (Å²) < 4.78 is 7.13. The first-order valence-corrected chi connectivity index (χ1v) is 7.33. The normalized spacial score (nSPS) is 15.9. The maximum absolute atomic E-state index is 12.1. The van der Waals surface area contributed by atoms with Crippen LogP contribution in [-0.2, 0) is 22.4 Å². The van der Waals surface area contributed by atoms with Crippen LogP contribution >= 0.6 is 0 Å². The summed E-state index contributed by atoms with van der Waals surface area (Å²) >= 11 is 0. The van der Waals surface area contributed by atoms with Gasteiger partial charge in [0.1, 0.15) is 11.9 Å². The Morgan fingerprint density at radius 3 is 2.84 bits per heavy atom. The van der Waals surface area contributed by atoms with Gasteiger partial charge in [0.25, 0.3) is 0 Å². The molecule has 19 heavy (non-hydrogen) atoms. The van der Waals surface area contributed by atoms with Crippen LogP contribution in [0.2, 0.25) is 0 Å². The van der Waals surface area contributed by atoms with E-state index in [1.807, 2.05) is 6.92 Å². The lowest BCUT2D eigenvalue weighted by atomic mass is 10.00. The number of carbonyl (C=O) groups is 1. The summed E-state index contributed by atoms with van der Waals surface area (Å²) in [6.45, 7) is 4.14. The molecule has 1 aliphatic rings. The maximum atomic E-state index is 12.1. The van der Waals surface area contributed by atoms with Gasteiger partial charge in [-0.05, 0) is 39.0 Å². The topological polar surface area (TPSA) is 44.1 Å². The van der Waals surface area contributed by atoms with Crippen molar-refractivity contribution in [1.29, 1.82) is 0 Å². The molecule has 0 radical (unpaired) electrons. The van der Waals surface area contributed by atoms with Crippen LogP contribution in [-0.4, -0.2) is 22.6 Å². The molecule has 0 N–H and O–H groups in total. The Labute approximate surface area is 115 Å². The molecule has 1 aromatic rings. The summed E-state index contributed by atoms with van der Waals surface area (Å²) in [4.78, 5) is 16.7. The molecule has 106 valence electrons. The highest BCUT2D eigenvalue weighted by molar-refractivity contribution is 5.74. The molecule has 4 heteroatoms. The van der Waals surface area contributed by atoms with Gasteiger partial charge in [-0.25, -0.2) is 9.78 Å². The minimum absolute atomic E-state index is 0.137. The second-order valence-corrected chi connectivity index (χ2v) is 5.31. The zero-order valence-electron chi connectivity index (χ0n) is 12.2. The van der Waals surface area contributed by atoms with Crippen LogP contribution in [0.15, 0.2) is 0 Å². The Bertz CT molecular complexity index is 451. The molecule has 1 aromatic heterocycles. The van der Waals surface area contributed by atoms with Gasteiger partial charge in [0.2, 0.25) is 0 Å². The number of fused-ring (bicyclic) bond motifs is 1. The van der Waals surface area contributed by atoms with Gasteiger partial charge in [0, 0.05) is 5.69 Å². The second-order valence-electron chi connectivity index (χ2n) is 5.31. The molecule has 0 aromatic carbocycles. The van der Waals surface area contributed by atoms with Crippen molar-refractivity contribution >= 4 is 5.97 Å². The zero-order valence-corrected chi connectivity index (χ0v) is 12.2. The van der Waals surface area contributed by atoms with Crippen LogP contribution in [0, 0.1) is 6.92 Å². The van der Waals surface area contributed by atoms with E-state index in [-0.39, 0.29) is 12.0 Å². The average Bonchev–Trinajstić information content (AvgIpc) is 2.75. The van der Waals surface area contributed by atoms with Crippen LogP contribution in [0.1, 0.15) is 62.3 Å². The van der Waals surface area contributed by atoms with E-state index in [4.69, 9.17) is 4.74 Å². The fourth-order valence-electron chi connectivity index (χ4n) is 3.00. The highest BCUT2D eigenvalue weighted by Crippen LogP contribution is 2.28. The van der Waals surface area contributed by atoms with E-state index < -0.39 is 0 Å². The average molecular weight is 264 g/mol. The van der Waals surface area contributed by atoms with Crippen molar-refractivity contribution in [1.82, 2.24) is 9.55 Å². The Balaban J connectivity index is 2.35. The third kappa shape index (κ3) is 2.82. The lowest BCUT2D eigenvalue weighted by molar-refractivity contribution is -0.145. The van der Waals surface area contributed by atoms with E-state index in [1.165, 1.54) is 31.3 Å². The lowest BCUT2D eigenvalue weighted by Gasteiger charge is -2.22. The third-order valence-corrected chi connectivity index (χ3v) is 3.96. The molecule has 0 bridgehead atoms. The van der Waals surface area contributed by atoms with Gasteiger partial charge in [-0.3, -0.25) is 0 Å². The van der Waals surface area contributed by atoms with E-state index in [2.05, 4.69) is 16.5 Å². The number of carbonyl (C=O) groups excluding carboxylic acids is 1. The third-order valence-electron chi connectivity index (χ3n) is 3.96. The van der Waals surface area contributed by atoms with E-state index in [9.17, 15) is 4.79 Å². The van der Waals surface area contributed by atoms with E-state index in [0.29, 0.717) is 0 Å². The van der Waals surface area contributed by atoms with Crippen molar-refractivity contribution in [2.75, 3.05) is 7.11 Å². The fraction of sp³-hybridized carbons (Fsp3) is 0.733. The summed E-state index contributed by atoms with van der Waals surface area (Å²) in [5.41, 5.74) is 2.45. The number of imidazole rings is 1. The lowest BCUT2D eigenvalue weighted by Crippen LogP contribution is -2.24. The highest BCUT2D eigenvalue weighted by Gasteiger charge is 2.28. The molecule has 0 spiro atoms. The Morgan fingerprint density at radius 2 is 2.16 bits per heavy atom. The number of esters is 1. The Hall–Kier alpha value is -1.32. The molecule has 0 fully saturated rings. The number of aryl methyl sites for hydroxylation is 2. The Morgan fingerprint density at radius 1 is 1.42 bits per heavy atom. The highest BCUT2D eigenvalue weighted by atomic mass is 16.5. The first-order valence-electron chi connectivity index (χ1n) is 7.33. The number of methoxy groups -OCH3 is 1. The van der Waals surface area contributed by atoms with Crippen molar-refractivity contribution in [2.24, 2.45) is 0 Å². The van der Waals surface area contributed by atoms with Crippen molar-refractivity contribution in [3.63, 3.8) is 0 Å². The molecule has 4 nitrogen and oxygen atoms in total. The zero-order chi connectivity index (χ0) is 13.8. The molecule has 0 saturated carbocycles. The van der Waals surface area contributed by atoms with Gasteiger partial charge in [-0.1, -0.05) is 19.8 Å². The SMILES string of the molecule is CCCCC(C(=O)OC)n1c(C)nc2c1CCCC2. The summed E-state index contributed by atoms with van der Waals surface area (Å²) in [5, 5.41) is 0. The maximum Gasteiger partial charge on any atom is 0.328 e. The predicted octanol–water partition coefficient (Wildman–Crippen LogP) is 2.97. The summed E-state index contributed by atoms with van der Waals surface area (Å²) in [6.07, 6.45) is 7.45. The van der Waals surface area contributed by atoms with Gasteiger partial charge in [-0.15, -0.1) is 0 Å². The number of aromatic nitrogens is 2. The van der Waals surface area contributed by atoms with Crippen molar-refractivity contribution < 1.29 is 9.53 Å². The van der Waals surface area contributed by atoms with Gasteiger partial charge >= 0.3 is 5.97 Å². The monoisotopic (exact) mass is 264 g/mol. The summed E-state index contributed by atoms with van der Waals surface area (Å²) in [6, 6.07) is -0.195. The van der Waals surface area contributed by atoms with Crippen LogP contribution in [0.4, 0.5) is 0 Å². The molecule has 1 unspecified atom stereocenters. The standard InChI is InChI=1S/C15H24N2O2/c1-4-5-9-14(15(18)19-3)17-11(2)16-12-8-6-7-10-13(12)17/h14H,4-10H2,1-3H3. The van der Waals surface area contributed by atoms with Gasteiger partial charge in [-0.2, -0.15) is 0 Å². The fourth-order valence-corrected chi connectivity index (χ4v) is 3.00. The van der Waals surface area contributed by atoms with E-state index in [0.717, 1.165) is 37.9 Å². The van der Waals surface area contributed by atoms with Gasteiger partial charge < -0.3 is 9.30 Å². The number of nitrogens with zero attached hydrogens (tertiary/aromatic N) is 2. The first-order chi connectivity index (χ1) is 9.19. The molecule has 0 saturated heterocycles. The van der Waals surface area contributed by atoms with Crippen LogP contribution < -0.4 is 0 Å². The van der Waals surface area contributed by atoms with E-state index >= 15 is 0 Å². The molecule has 0 amide bonds. The number of ether oxygens (including phenoxy) is 1. The number of unbranched alkanes of at least 4 members (excludes halogenated alkanes) is 1. The first kappa shape index (κ1) is 14.1. The van der Waals surface area contributed by atoms with Gasteiger partial charge in [0.05, 0.1) is 12.8 Å². The quantitative estimate of drug-likeness (QED) is 0.768. The summed E-state index contributed by atoms with van der Waals surface area (Å²) in [5.74, 6) is 0.820. The number of rotatable bonds is 5. The van der Waals surface area contributed by atoms with Gasteiger partial charge in [0.15, 0.2) is 0 Å². The number of hydrogen-bond acceptors (Lipinski definition) is 3. The smallest absolute Gasteiger partial charge is 0.328 e. The molecule has 1 aliphatic carbocycles. The molecule has 1 atom stereocenters. The minimum atomic E-state index is -0.195. The van der Waals surface area contributed by atoms with Crippen LogP contribution in [0.5, 0.6) is 0 Å². The van der Waals surface area contributed by atoms with Crippen molar-refractivity contribution in [3.8, 4) is 0 Å². The Kier molecular flexibility index (Phi) is 4.61. The summed E-state index contributed by atoms with van der Waals surface area (Å²) in [7, 11) is 1.47. The van der Waals surface area contributed by atoms with Crippen LogP contribution in [0.3, 0.4) is 0 Å².